The lowest BCUT2D eigenvalue weighted by Crippen LogP contribution is -2.44. The van der Waals surface area contributed by atoms with E-state index in [1.54, 1.807) is 78.8 Å². The fraction of sp³-hybridized carbons (Fsp3) is 0.241. The van der Waals surface area contributed by atoms with Crippen LogP contribution in [-0.4, -0.2) is 73.3 Å². The first-order valence-corrected chi connectivity index (χ1v) is 14.7. The van der Waals surface area contributed by atoms with Crippen LogP contribution in [0.15, 0.2) is 59.8 Å². The van der Waals surface area contributed by atoms with E-state index in [0.717, 1.165) is 36.2 Å². The highest BCUT2D eigenvalue weighted by molar-refractivity contribution is 7.18. The fourth-order valence-electron chi connectivity index (χ4n) is 4.90. The number of carbonyl (C=O) groups is 1. The number of nitrogen functional groups attached to an aromatic ring is 1. The van der Waals surface area contributed by atoms with Crippen molar-refractivity contribution in [3.05, 3.63) is 81.6 Å². The van der Waals surface area contributed by atoms with Crippen LogP contribution in [0, 0.1) is 6.92 Å². The molecule has 0 saturated carbocycles. The average Bonchev–Trinajstić information content (AvgIpc) is 3.57. The molecule has 1 aliphatic heterocycles. The van der Waals surface area contributed by atoms with Crippen LogP contribution in [0.2, 0.25) is 5.02 Å². The van der Waals surface area contributed by atoms with Crippen molar-refractivity contribution in [1.29, 1.82) is 0 Å². The van der Waals surface area contributed by atoms with E-state index in [1.165, 1.54) is 10.9 Å². The summed E-state index contributed by atoms with van der Waals surface area (Å²) < 4.78 is 2.98. The summed E-state index contributed by atoms with van der Waals surface area (Å²) in [6.07, 6.45) is 4.93. The number of hydrogen-bond acceptors (Lipinski definition) is 10. The molecule has 0 unspecified atom stereocenters. The zero-order chi connectivity index (χ0) is 30.2. The highest BCUT2D eigenvalue weighted by atomic mass is 35.5. The van der Waals surface area contributed by atoms with Gasteiger partial charge < -0.3 is 20.9 Å². The second-order valence-electron chi connectivity index (χ2n) is 10.2. The number of nitrogens with two attached hydrogens (primary N) is 1. The lowest BCUT2D eigenvalue weighted by molar-refractivity contribution is 0.102. The molecule has 6 rings (SSSR count). The van der Waals surface area contributed by atoms with E-state index in [-0.39, 0.29) is 11.4 Å². The number of anilines is 3. The summed E-state index contributed by atoms with van der Waals surface area (Å²) in [5.74, 6) is -0.321. The van der Waals surface area contributed by atoms with Gasteiger partial charge in [-0.2, -0.15) is 0 Å². The Morgan fingerprint density at radius 2 is 1.74 bits per heavy atom. The Hall–Kier alpha value is -4.59. The Morgan fingerprint density at radius 3 is 2.47 bits per heavy atom. The molecule has 1 fully saturated rings. The molecular formula is C29H29ClN10O2S. The van der Waals surface area contributed by atoms with Crippen molar-refractivity contribution in [1.82, 2.24) is 34.2 Å². The van der Waals surface area contributed by atoms with Crippen molar-refractivity contribution in [2.75, 3.05) is 49.2 Å². The molecule has 1 amide bonds. The van der Waals surface area contributed by atoms with E-state index in [4.69, 9.17) is 22.3 Å². The number of para-hydroxylation sites is 1. The van der Waals surface area contributed by atoms with Crippen molar-refractivity contribution < 1.29 is 4.79 Å². The van der Waals surface area contributed by atoms with Crippen LogP contribution in [0.3, 0.4) is 0 Å². The molecular weight excluding hydrogens is 588 g/mol. The summed E-state index contributed by atoms with van der Waals surface area (Å²) in [5.41, 5.74) is 8.66. The Kier molecular flexibility index (Phi) is 7.69. The molecule has 43 heavy (non-hydrogen) atoms. The monoisotopic (exact) mass is 616 g/mol. The number of pyridine rings is 1. The molecule has 0 radical (unpaired) electrons. The predicted octanol–water partition coefficient (Wildman–Crippen LogP) is 3.70. The van der Waals surface area contributed by atoms with E-state index in [0.29, 0.717) is 39.2 Å². The van der Waals surface area contributed by atoms with Crippen LogP contribution < -0.4 is 21.5 Å². The minimum atomic E-state index is -0.555. The minimum absolute atomic E-state index is 0.00908. The molecule has 1 aromatic carbocycles. The molecule has 5 heterocycles. The van der Waals surface area contributed by atoms with Gasteiger partial charge in [0.1, 0.15) is 17.0 Å². The van der Waals surface area contributed by atoms with E-state index in [9.17, 15) is 9.59 Å². The third-order valence-electron chi connectivity index (χ3n) is 7.45. The molecule has 1 saturated heterocycles. The Balaban J connectivity index is 1.21. The summed E-state index contributed by atoms with van der Waals surface area (Å²) in [4.78, 5) is 50.2. The SMILES string of the molecule is Cc1c(C(=O)Nc2ccc(-c3nc(-c4cnc(N5CCN(C)CC5)s4)cnc3N)nc2)c(=O)n(-c2ccccc2Cl)n1C. The second kappa shape index (κ2) is 11.6. The van der Waals surface area contributed by atoms with Gasteiger partial charge in [-0.15, -0.1) is 0 Å². The Morgan fingerprint density at radius 1 is 0.977 bits per heavy atom. The summed E-state index contributed by atoms with van der Waals surface area (Å²) >= 11 is 7.89. The first-order valence-electron chi connectivity index (χ1n) is 13.5. The van der Waals surface area contributed by atoms with Crippen LogP contribution in [0.25, 0.3) is 27.6 Å². The molecule has 5 aromatic rings. The van der Waals surface area contributed by atoms with Gasteiger partial charge in [0.25, 0.3) is 11.5 Å². The minimum Gasteiger partial charge on any atom is -0.382 e. The molecule has 0 atom stereocenters. The maximum absolute atomic E-state index is 13.3. The first kappa shape index (κ1) is 28.5. The molecule has 3 N–H and O–H groups in total. The van der Waals surface area contributed by atoms with Crippen molar-refractivity contribution in [2.45, 2.75) is 6.92 Å². The normalized spacial score (nSPS) is 13.8. The number of carbonyl (C=O) groups excluding carboxylic acids is 1. The van der Waals surface area contributed by atoms with Crippen molar-refractivity contribution in [3.63, 3.8) is 0 Å². The number of nitrogens with one attached hydrogen (secondary N) is 1. The third kappa shape index (κ3) is 5.49. The molecule has 12 nitrogen and oxygen atoms in total. The van der Waals surface area contributed by atoms with Crippen molar-refractivity contribution >= 4 is 45.5 Å². The fourth-order valence-corrected chi connectivity index (χ4v) is 6.04. The number of thiazole rings is 1. The Bertz CT molecular complexity index is 1870. The lowest BCUT2D eigenvalue weighted by Gasteiger charge is -2.32. The molecule has 14 heteroatoms. The quantitative estimate of drug-likeness (QED) is 0.292. The number of benzene rings is 1. The van der Waals surface area contributed by atoms with Gasteiger partial charge in [-0.05, 0) is 38.2 Å². The van der Waals surface area contributed by atoms with Crippen LogP contribution in [0.1, 0.15) is 16.1 Å². The highest BCUT2D eigenvalue weighted by Gasteiger charge is 2.24. The highest BCUT2D eigenvalue weighted by Crippen LogP contribution is 2.32. The largest absolute Gasteiger partial charge is 0.382 e. The molecule has 220 valence electrons. The van der Waals surface area contributed by atoms with Gasteiger partial charge in [0.05, 0.1) is 45.1 Å². The molecule has 0 bridgehead atoms. The number of nitrogens with zero attached hydrogens (tertiary/aromatic N) is 8. The molecule has 0 aliphatic carbocycles. The first-order chi connectivity index (χ1) is 20.7. The summed E-state index contributed by atoms with van der Waals surface area (Å²) in [6.45, 7) is 5.55. The topological polar surface area (TPSA) is 140 Å². The number of rotatable bonds is 6. The van der Waals surface area contributed by atoms with Crippen molar-refractivity contribution in [3.8, 4) is 27.6 Å². The summed E-state index contributed by atoms with van der Waals surface area (Å²) in [7, 11) is 3.82. The van der Waals surface area contributed by atoms with Gasteiger partial charge in [0, 0.05) is 39.4 Å². The standard InChI is InChI=1S/C29H29ClN10O2S/c1-17-24(28(42)40(38(17)3)22-7-5-4-6-19(22)30)27(41)35-18-8-9-20(32-14-18)25-26(31)33-15-21(36-25)23-16-34-29(43-23)39-12-10-37(2)11-13-39/h4-9,14-16H,10-13H2,1-3H3,(H2,31,33)(H,35,41). The second-order valence-corrected chi connectivity index (χ2v) is 11.6. The zero-order valence-corrected chi connectivity index (χ0v) is 25.4. The molecule has 0 spiro atoms. The van der Waals surface area contributed by atoms with Gasteiger partial charge in [0.2, 0.25) is 0 Å². The van der Waals surface area contributed by atoms with Gasteiger partial charge in [-0.1, -0.05) is 35.1 Å². The average molecular weight is 617 g/mol. The maximum Gasteiger partial charge on any atom is 0.284 e. The third-order valence-corrected chi connectivity index (χ3v) is 8.85. The number of hydrogen-bond donors (Lipinski definition) is 2. The van der Waals surface area contributed by atoms with Gasteiger partial charge in [-0.3, -0.25) is 19.3 Å². The van der Waals surface area contributed by atoms with E-state index in [2.05, 4.69) is 37.1 Å². The van der Waals surface area contributed by atoms with E-state index in [1.807, 2.05) is 0 Å². The predicted molar refractivity (Wildman–Crippen MR) is 169 cm³/mol. The van der Waals surface area contributed by atoms with Crippen LogP contribution in [0.4, 0.5) is 16.6 Å². The number of amides is 1. The number of likely N-dealkylation sites (N-methyl/N-ethyl adjacent to an activating group) is 1. The van der Waals surface area contributed by atoms with Gasteiger partial charge >= 0.3 is 0 Å². The number of piperazine rings is 1. The van der Waals surface area contributed by atoms with Crippen LogP contribution in [0.5, 0.6) is 0 Å². The van der Waals surface area contributed by atoms with Gasteiger partial charge in [0.15, 0.2) is 10.9 Å². The van der Waals surface area contributed by atoms with Crippen LogP contribution in [-0.2, 0) is 7.05 Å². The molecule has 1 aliphatic rings. The smallest absolute Gasteiger partial charge is 0.284 e. The lowest BCUT2D eigenvalue weighted by atomic mass is 10.2. The maximum atomic E-state index is 13.3. The summed E-state index contributed by atoms with van der Waals surface area (Å²) in [6, 6.07) is 10.3. The van der Waals surface area contributed by atoms with Crippen LogP contribution >= 0.6 is 22.9 Å². The Labute approximate surface area is 256 Å². The zero-order valence-electron chi connectivity index (χ0n) is 23.8. The molecule has 4 aromatic heterocycles. The van der Waals surface area contributed by atoms with E-state index < -0.39 is 11.5 Å². The number of aromatic nitrogens is 6. The van der Waals surface area contributed by atoms with Crippen molar-refractivity contribution in [2.24, 2.45) is 7.05 Å². The summed E-state index contributed by atoms with van der Waals surface area (Å²) in [5, 5.41) is 4.12. The number of halogens is 1. The van der Waals surface area contributed by atoms with Gasteiger partial charge in [-0.25, -0.2) is 19.6 Å². The van der Waals surface area contributed by atoms with E-state index >= 15 is 0 Å².